The number of rotatable bonds is 5. The molecule has 0 saturated heterocycles. The Morgan fingerprint density at radius 1 is 1.35 bits per heavy atom. The van der Waals surface area contributed by atoms with Crippen molar-refractivity contribution in [2.45, 2.75) is 0 Å². The molecule has 5 nitrogen and oxygen atoms in total. The zero-order chi connectivity index (χ0) is 14.5. The molecule has 1 heterocycles. The summed E-state index contributed by atoms with van der Waals surface area (Å²) in [7, 11) is 0. The Kier molecular flexibility index (Phi) is 3.91. The van der Waals surface area contributed by atoms with Gasteiger partial charge in [-0.2, -0.15) is 0 Å². The SMILES string of the molecule is C=C/C(=C\C(=C)OC=O)c1nc2ccccc2c(=O)o1. The molecule has 100 valence electrons. The van der Waals surface area contributed by atoms with Crippen molar-refractivity contribution in [1.82, 2.24) is 4.98 Å². The molecule has 20 heavy (non-hydrogen) atoms. The van der Waals surface area contributed by atoms with Crippen LogP contribution in [-0.2, 0) is 9.53 Å². The summed E-state index contributed by atoms with van der Waals surface area (Å²) in [6.07, 6.45) is 2.83. The molecule has 0 N–H and O–H groups in total. The number of fused-ring (bicyclic) bond motifs is 1. The van der Waals surface area contributed by atoms with Crippen molar-refractivity contribution >= 4 is 22.9 Å². The summed E-state index contributed by atoms with van der Waals surface area (Å²) in [6.45, 7) is 7.38. The van der Waals surface area contributed by atoms with Crippen LogP contribution in [0.4, 0.5) is 0 Å². The van der Waals surface area contributed by atoms with Crippen molar-refractivity contribution in [3.05, 3.63) is 71.6 Å². The van der Waals surface area contributed by atoms with Gasteiger partial charge in [-0.1, -0.05) is 31.4 Å². The van der Waals surface area contributed by atoms with E-state index in [2.05, 4.69) is 22.9 Å². The van der Waals surface area contributed by atoms with Crippen molar-refractivity contribution in [3.63, 3.8) is 0 Å². The Hall–Kier alpha value is -2.95. The smallest absolute Gasteiger partial charge is 0.347 e. The van der Waals surface area contributed by atoms with Gasteiger partial charge in [0.05, 0.1) is 10.9 Å². The molecule has 5 heteroatoms. The maximum absolute atomic E-state index is 11.9. The summed E-state index contributed by atoms with van der Waals surface area (Å²) in [4.78, 5) is 26.3. The number of aromatic nitrogens is 1. The Bertz CT molecular complexity index is 771. The van der Waals surface area contributed by atoms with Crippen molar-refractivity contribution < 1.29 is 13.9 Å². The fraction of sp³-hybridized carbons (Fsp3) is 0. The van der Waals surface area contributed by atoms with Gasteiger partial charge in [0.1, 0.15) is 5.76 Å². The summed E-state index contributed by atoms with van der Waals surface area (Å²) < 4.78 is 9.70. The lowest BCUT2D eigenvalue weighted by atomic mass is 10.2. The molecule has 0 radical (unpaired) electrons. The maximum Gasteiger partial charge on any atom is 0.347 e. The van der Waals surface area contributed by atoms with E-state index in [-0.39, 0.29) is 18.1 Å². The first-order chi connectivity index (χ1) is 9.65. The number of hydrogen-bond donors (Lipinski definition) is 0. The molecule has 0 aliphatic carbocycles. The Morgan fingerprint density at radius 3 is 2.80 bits per heavy atom. The van der Waals surface area contributed by atoms with Crippen LogP contribution in [-0.4, -0.2) is 11.5 Å². The minimum atomic E-state index is -0.500. The second-order valence-corrected chi connectivity index (χ2v) is 3.81. The van der Waals surface area contributed by atoms with Gasteiger partial charge in [0.15, 0.2) is 0 Å². The van der Waals surface area contributed by atoms with Crippen LogP contribution in [0.2, 0.25) is 0 Å². The average Bonchev–Trinajstić information content (AvgIpc) is 2.45. The van der Waals surface area contributed by atoms with Crippen LogP contribution < -0.4 is 5.63 Å². The van der Waals surface area contributed by atoms with Crippen LogP contribution in [0.1, 0.15) is 5.89 Å². The number of ether oxygens (including phenoxy) is 1. The summed E-state index contributed by atoms with van der Waals surface area (Å²) in [5, 5.41) is 0.391. The number of carbonyl (C=O) groups is 1. The number of carbonyl (C=O) groups excluding carboxylic acids is 1. The lowest BCUT2D eigenvalue weighted by Crippen LogP contribution is -2.04. The molecule has 1 aromatic carbocycles. The molecule has 0 unspecified atom stereocenters. The van der Waals surface area contributed by atoms with E-state index in [1.54, 1.807) is 24.3 Å². The first-order valence-corrected chi connectivity index (χ1v) is 5.69. The van der Waals surface area contributed by atoms with E-state index in [0.717, 1.165) is 0 Å². The van der Waals surface area contributed by atoms with Crippen LogP contribution in [0.25, 0.3) is 16.5 Å². The highest BCUT2D eigenvalue weighted by Gasteiger charge is 2.09. The highest BCUT2D eigenvalue weighted by atomic mass is 16.5. The summed E-state index contributed by atoms with van der Waals surface area (Å²) in [5.41, 5.74) is 0.397. The molecule has 0 fully saturated rings. The van der Waals surface area contributed by atoms with E-state index in [0.29, 0.717) is 16.5 Å². The molecule has 0 amide bonds. The maximum atomic E-state index is 11.9. The number of benzene rings is 1. The first kappa shape index (κ1) is 13.5. The lowest BCUT2D eigenvalue weighted by molar-refractivity contribution is -0.124. The summed E-state index contributed by atoms with van der Waals surface area (Å²) in [6, 6.07) is 6.83. The second-order valence-electron chi connectivity index (χ2n) is 3.81. The van der Waals surface area contributed by atoms with Crippen molar-refractivity contribution in [1.29, 1.82) is 0 Å². The summed E-state index contributed by atoms with van der Waals surface area (Å²) in [5.74, 6) is 0.173. The minimum Gasteiger partial charge on any atom is -0.429 e. The molecule has 0 saturated carbocycles. The number of nitrogens with zero attached hydrogens (tertiary/aromatic N) is 1. The topological polar surface area (TPSA) is 69.4 Å². The third-order valence-electron chi connectivity index (χ3n) is 2.52. The molecule has 2 rings (SSSR count). The third-order valence-corrected chi connectivity index (χ3v) is 2.52. The van der Waals surface area contributed by atoms with E-state index in [4.69, 9.17) is 4.42 Å². The number of para-hydroxylation sites is 1. The Balaban J connectivity index is 2.56. The van der Waals surface area contributed by atoms with E-state index in [1.807, 2.05) is 0 Å². The van der Waals surface area contributed by atoms with Crippen LogP contribution in [0.3, 0.4) is 0 Å². The molecule has 0 atom stereocenters. The normalized spacial score (nSPS) is 11.1. The van der Waals surface area contributed by atoms with Gasteiger partial charge >= 0.3 is 5.63 Å². The average molecular weight is 269 g/mol. The predicted molar refractivity (Wildman–Crippen MR) is 74.7 cm³/mol. The zero-order valence-corrected chi connectivity index (χ0v) is 10.5. The molecule has 2 aromatic rings. The molecule has 0 spiro atoms. The monoisotopic (exact) mass is 269 g/mol. The van der Waals surface area contributed by atoms with E-state index in [9.17, 15) is 9.59 Å². The highest BCUT2D eigenvalue weighted by molar-refractivity contribution is 5.79. The first-order valence-electron chi connectivity index (χ1n) is 5.69. The van der Waals surface area contributed by atoms with Gasteiger partial charge in [0.2, 0.25) is 5.89 Å². The standard InChI is InChI=1S/C15H11NO4/c1-3-11(8-10(2)19-9-17)14-16-13-7-5-4-6-12(13)15(18)20-14/h3-9H,1-2H2/b11-8+. The van der Waals surface area contributed by atoms with Crippen LogP contribution in [0, 0.1) is 0 Å². The van der Waals surface area contributed by atoms with E-state index in [1.165, 1.54) is 12.2 Å². The summed E-state index contributed by atoms with van der Waals surface area (Å²) >= 11 is 0. The van der Waals surface area contributed by atoms with Gasteiger partial charge in [-0.25, -0.2) is 9.78 Å². The van der Waals surface area contributed by atoms with Gasteiger partial charge in [-0.15, -0.1) is 0 Å². The molecular weight excluding hydrogens is 258 g/mol. The fourth-order valence-electron chi connectivity index (χ4n) is 1.62. The Labute approximate surface area is 114 Å². The third kappa shape index (κ3) is 2.72. The minimum absolute atomic E-state index is 0.0827. The van der Waals surface area contributed by atoms with Gasteiger partial charge in [0.25, 0.3) is 6.47 Å². The highest BCUT2D eigenvalue weighted by Crippen LogP contribution is 2.17. The Morgan fingerprint density at radius 2 is 2.10 bits per heavy atom. The van der Waals surface area contributed by atoms with Gasteiger partial charge in [-0.3, -0.25) is 4.79 Å². The van der Waals surface area contributed by atoms with Gasteiger partial charge in [-0.05, 0) is 18.2 Å². The molecule has 0 bridgehead atoms. The van der Waals surface area contributed by atoms with E-state index < -0.39 is 5.63 Å². The molecule has 0 aliphatic rings. The quantitative estimate of drug-likeness (QED) is 0.473. The number of allylic oxidation sites excluding steroid dienone is 3. The van der Waals surface area contributed by atoms with Crippen molar-refractivity contribution in [3.8, 4) is 0 Å². The van der Waals surface area contributed by atoms with Crippen LogP contribution in [0.5, 0.6) is 0 Å². The van der Waals surface area contributed by atoms with Crippen LogP contribution >= 0.6 is 0 Å². The fourth-order valence-corrected chi connectivity index (χ4v) is 1.62. The molecular formula is C15H11NO4. The van der Waals surface area contributed by atoms with E-state index >= 15 is 0 Å². The second kappa shape index (κ2) is 5.79. The molecule has 0 aliphatic heterocycles. The van der Waals surface area contributed by atoms with Crippen LogP contribution in [0.15, 0.2) is 64.5 Å². The van der Waals surface area contributed by atoms with Gasteiger partial charge in [0, 0.05) is 5.57 Å². The lowest BCUT2D eigenvalue weighted by Gasteiger charge is -2.03. The van der Waals surface area contributed by atoms with Crippen molar-refractivity contribution in [2.24, 2.45) is 0 Å². The molecule has 1 aromatic heterocycles. The predicted octanol–water partition coefficient (Wildman–Crippen LogP) is 2.44. The van der Waals surface area contributed by atoms with Crippen molar-refractivity contribution in [2.75, 3.05) is 0 Å². The zero-order valence-electron chi connectivity index (χ0n) is 10.5. The van der Waals surface area contributed by atoms with Gasteiger partial charge < -0.3 is 9.15 Å². The largest absolute Gasteiger partial charge is 0.429 e. The number of hydrogen-bond acceptors (Lipinski definition) is 5.